The lowest BCUT2D eigenvalue weighted by Crippen LogP contribution is -2.13. The zero-order chi connectivity index (χ0) is 11.4. The number of hydrogen-bond acceptors (Lipinski definition) is 2. The van der Waals surface area contributed by atoms with Gasteiger partial charge < -0.3 is 9.73 Å². The van der Waals surface area contributed by atoms with E-state index < -0.39 is 0 Å². The van der Waals surface area contributed by atoms with Crippen molar-refractivity contribution in [2.45, 2.75) is 13.1 Å². The maximum absolute atomic E-state index is 13.2. The molecule has 0 aliphatic carbocycles. The first-order chi connectivity index (χ1) is 7.75. The lowest BCUT2D eigenvalue weighted by Gasteiger charge is -2.03. The van der Waals surface area contributed by atoms with Gasteiger partial charge in [0, 0.05) is 12.1 Å². The molecule has 2 aromatic rings. The van der Waals surface area contributed by atoms with Crippen molar-refractivity contribution in [3.8, 4) is 0 Å². The Morgan fingerprint density at radius 3 is 2.62 bits per heavy atom. The molecular weight excluding hydrogens is 273 g/mol. The molecule has 0 spiro atoms. The number of benzene rings is 1. The average molecular weight is 284 g/mol. The van der Waals surface area contributed by atoms with Crippen LogP contribution in [-0.4, -0.2) is 0 Å². The summed E-state index contributed by atoms with van der Waals surface area (Å²) in [7, 11) is 0. The first-order valence-corrected chi connectivity index (χ1v) is 5.73. The highest BCUT2D eigenvalue weighted by Crippen LogP contribution is 2.14. The number of furan rings is 1. The molecule has 1 N–H and O–H groups in total. The Balaban J connectivity index is 1.87. The zero-order valence-corrected chi connectivity index (χ0v) is 10.1. The van der Waals surface area contributed by atoms with Crippen molar-refractivity contribution in [1.82, 2.24) is 5.32 Å². The number of halogens is 2. The van der Waals surface area contributed by atoms with Crippen molar-refractivity contribution in [3.63, 3.8) is 0 Å². The predicted molar refractivity (Wildman–Crippen MR) is 63.4 cm³/mol. The Labute approximate surface area is 102 Å². The zero-order valence-electron chi connectivity index (χ0n) is 8.54. The predicted octanol–water partition coefficient (Wildman–Crippen LogP) is 3.47. The molecule has 0 fully saturated rings. The van der Waals surface area contributed by atoms with Crippen LogP contribution in [0.25, 0.3) is 0 Å². The SMILES string of the molecule is Fc1ccccc1CNCc1ccc(Br)o1. The van der Waals surface area contributed by atoms with Crippen LogP contribution in [0.4, 0.5) is 4.39 Å². The molecule has 0 atom stereocenters. The summed E-state index contributed by atoms with van der Waals surface area (Å²) in [5, 5.41) is 3.12. The fraction of sp³-hybridized carbons (Fsp3) is 0.167. The van der Waals surface area contributed by atoms with Crippen LogP contribution in [0.1, 0.15) is 11.3 Å². The molecule has 0 saturated carbocycles. The number of nitrogens with one attached hydrogen (secondary N) is 1. The van der Waals surface area contributed by atoms with Gasteiger partial charge in [-0.25, -0.2) is 4.39 Å². The van der Waals surface area contributed by atoms with Gasteiger partial charge >= 0.3 is 0 Å². The number of hydrogen-bond donors (Lipinski definition) is 1. The molecule has 1 aromatic heterocycles. The van der Waals surface area contributed by atoms with E-state index in [2.05, 4.69) is 21.2 Å². The summed E-state index contributed by atoms with van der Waals surface area (Å²) in [6.07, 6.45) is 0. The van der Waals surface area contributed by atoms with Gasteiger partial charge in [-0.2, -0.15) is 0 Å². The fourth-order valence-electron chi connectivity index (χ4n) is 1.41. The van der Waals surface area contributed by atoms with Gasteiger partial charge in [0.2, 0.25) is 0 Å². The highest BCUT2D eigenvalue weighted by atomic mass is 79.9. The molecule has 1 heterocycles. The van der Waals surface area contributed by atoms with Crippen LogP contribution in [0.5, 0.6) is 0 Å². The molecule has 0 unspecified atom stereocenters. The molecule has 0 saturated heterocycles. The minimum atomic E-state index is -0.185. The third kappa shape index (κ3) is 2.93. The second kappa shape index (κ2) is 5.27. The van der Waals surface area contributed by atoms with E-state index >= 15 is 0 Å². The Bertz CT molecular complexity index is 470. The third-order valence-electron chi connectivity index (χ3n) is 2.20. The Hall–Kier alpha value is -1.13. The maximum atomic E-state index is 13.2. The summed E-state index contributed by atoms with van der Waals surface area (Å²) in [6, 6.07) is 10.4. The molecule has 0 radical (unpaired) electrons. The Morgan fingerprint density at radius 2 is 1.94 bits per heavy atom. The monoisotopic (exact) mass is 283 g/mol. The van der Waals surface area contributed by atoms with Crippen molar-refractivity contribution < 1.29 is 8.81 Å². The normalized spacial score (nSPS) is 10.6. The summed E-state index contributed by atoms with van der Waals surface area (Å²) < 4.78 is 19.3. The second-order valence-electron chi connectivity index (χ2n) is 3.40. The summed E-state index contributed by atoms with van der Waals surface area (Å²) in [5.41, 5.74) is 0.660. The minimum absolute atomic E-state index is 0.185. The van der Waals surface area contributed by atoms with Gasteiger partial charge in [0.25, 0.3) is 0 Å². The molecule has 0 aliphatic rings. The van der Waals surface area contributed by atoms with Gasteiger partial charge in [-0.1, -0.05) is 18.2 Å². The molecule has 4 heteroatoms. The van der Waals surface area contributed by atoms with Crippen molar-refractivity contribution in [3.05, 3.63) is 58.2 Å². The van der Waals surface area contributed by atoms with Crippen molar-refractivity contribution in [2.24, 2.45) is 0 Å². The van der Waals surface area contributed by atoms with E-state index in [1.807, 2.05) is 18.2 Å². The van der Waals surface area contributed by atoms with Crippen LogP contribution in [0.2, 0.25) is 0 Å². The molecule has 16 heavy (non-hydrogen) atoms. The smallest absolute Gasteiger partial charge is 0.169 e. The molecule has 0 bridgehead atoms. The van der Waals surface area contributed by atoms with Crippen molar-refractivity contribution in [1.29, 1.82) is 0 Å². The van der Waals surface area contributed by atoms with Gasteiger partial charge in [-0.05, 0) is 34.1 Å². The van der Waals surface area contributed by atoms with E-state index in [-0.39, 0.29) is 5.82 Å². The first-order valence-electron chi connectivity index (χ1n) is 4.94. The summed E-state index contributed by atoms with van der Waals surface area (Å²) in [4.78, 5) is 0. The molecule has 0 amide bonds. The van der Waals surface area contributed by atoms with E-state index in [1.54, 1.807) is 12.1 Å². The average Bonchev–Trinajstić information content (AvgIpc) is 2.67. The lowest BCUT2D eigenvalue weighted by atomic mass is 10.2. The van der Waals surface area contributed by atoms with E-state index in [1.165, 1.54) is 6.07 Å². The number of rotatable bonds is 4. The second-order valence-corrected chi connectivity index (χ2v) is 4.18. The quantitative estimate of drug-likeness (QED) is 0.930. The highest BCUT2D eigenvalue weighted by molar-refractivity contribution is 9.10. The minimum Gasteiger partial charge on any atom is -0.453 e. The van der Waals surface area contributed by atoms with E-state index in [0.717, 1.165) is 5.76 Å². The van der Waals surface area contributed by atoms with Crippen LogP contribution in [0.3, 0.4) is 0 Å². The summed E-state index contributed by atoms with van der Waals surface area (Å²) in [6.45, 7) is 1.07. The summed E-state index contributed by atoms with van der Waals surface area (Å²) in [5.74, 6) is 0.638. The standard InChI is InChI=1S/C12H11BrFNO/c13-12-6-5-10(16-12)8-15-7-9-3-1-2-4-11(9)14/h1-6,15H,7-8H2. The van der Waals surface area contributed by atoms with E-state index in [4.69, 9.17) is 4.42 Å². The topological polar surface area (TPSA) is 25.2 Å². The third-order valence-corrected chi connectivity index (χ3v) is 2.63. The fourth-order valence-corrected chi connectivity index (χ4v) is 1.75. The van der Waals surface area contributed by atoms with Crippen molar-refractivity contribution >= 4 is 15.9 Å². The van der Waals surface area contributed by atoms with Gasteiger partial charge in [0.05, 0.1) is 6.54 Å². The van der Waals surface area contributed by atoms with Gasteiger partial charge in [-0.15, -0.1) is 0 Å². The van der Waals surface area contributed by atoms with Crippen LogP contribution in [0, 0.1) is 5.82 Å². The van der Waals surface area contributed by atoms with E-state index in [9.17, 15) is 4.39 Å². The van der Waals surface area contributed by atoms with Gasteiger partial charge in [-0.3, -0.25) is 0 Å². The molecule has 0 aliphatic heterocycles. The van der Waals surface area contributed by atoms with Crippen LogP contribution in [-0.2, 0) is 13.1 Å². The lowest BCUT2D eigenvalue weighted by molar-refractivity contribution is 0.463. The molecular formula is C12H11BrFNO. The van der Waals surface area contributed by atoms with Gasteiger partial charge in [0.1, 0.15) is 11.6 Å². The molecule has 2 nitrogen and oxygen atoms in total. The molecule has 1 aromatic carbocycles. The van der Waals surface area contributed by atoms with Crippen LogP contribution in [0.15, 0.2) is 45.5 Å². The van der Waals surface area contributed by atoms with Crippen LogP contribution < -0.4 is 5.32 Å². The van der Waals surface area contributed by atoms with E-state index in [0.29, 0.717) is 23.3 Å². The van der Waals surface area contributed by atoms with Gasteiger partial charge in [0.15, 0.2) is 4.67 Å². The molecule has 84 valence electrons. The Morgan fingerprint density at radius 1 is 1.12 bits per heavy atom. The van der Waals surface area contributed by atoms with Crippen molar-refractivity contribution in [2.75, 3.05) is 0 Å². The largest absolute Gasteiger partial charge is 0.453 e. The highest BCUT2D eigenvalue weighted by Gasteiger charge is 2.01. The Kier molecular flexibility index (Phi) is 3.74. The first kappa shape index (κ1) is 11.4. The maximum Gasteiger partial charge on any atom is 0.169 e. The molecule has 2 rings (SSSR count). The summed E-state index contributed by atoms with van der Waals surface area (Å²) >= 11 is 3.23. The van der Waals surface area contributed by atoms with Crippen LogP contribution >= 0.6 is 15.9 Å².